The summed E-state index contributed by atoms with van der Waals surface area (Å²) in [5.41, 5.74) is 4.69. The van der Waals surface area contributed by atoms with Gasteiger partial charge in [-0.05, 0) is 28.8 Å². The Morgan fingerprint density at radius 1 is 0.800 bits per heavy atom. The van der Waals surface area contributed by atoms with Crippen LogP contribution in [0.5, 0.6) is 0 Å². The van der Waals surface area contributed by atoms with Gasteiger partial charge >= 0.3 is 0 Å². The van der Waals surface area contributed by atoms with Crippen molar-refractivity contribution in [3.8, 4) is 0 Å². The second kappa shape index (κ2) is 8.81. The maximum Gasteiger partial charge on any atom is 0.171 e. The topological polar surface area (TPSA) is 36.1 Å². The van der Waals surface area contributed by atoms with E-state index < -0.39 is 0 Å². The lowest BCUT2D eigenvalue weighted by molar-refractivity contribution is -0.698. The van der Waals surface area contributed by atoms with Crippen molar-refractivity contribution in [2.24, 2.45) is 0 Å². The van der Waals surface area contributed by atoms with Gasteiger partial charge in [-0.2, -0.15) is 0 Å². The summed E-state index contributed by atoms with van der Waals surface area (Å²) < 4.78 is 1.96. The fourth-order valence-electron chi connectivity index (χ4n) is 2.55. The standard InChI is InChI=1S/C22H22N2O/c25-17-16-24-14-12-20(13-15-24)7-6-19-8-10-22(11-9-19)23-18-21-4-2-1-3-5-21/h1-15,25H,16-18H2/p+1. The van der Waals surface area contributed by atoms with Crippen molar-refractivity contribution in [3.63, 3.8) is 0 Å². The minimum atomic E-state index is 0.157. The number of nitrogens with zero attached hydrogens (tertiary/aromatic N) is 1. The number of hydrogen-bond acceptors (Lipinski definition) is 2. The Hall–Kier alpha value is -2.91. The number of hydrogen-bond donors (Lipinski definition) is 2. The molecule has 0 atom stereocenters. The number of aromatic nitrogens is 1. The van der Waals surface area contributed by atoms with E-state index in [1.165, 1.54) is 5.56 Å². The van der Waals surface area contributed by atoms with Crippen LogP contribution in [0.3, 0.4) is 0 Å². The normalized spacial score (nSPS) is 10.9. The smallest absolute Gasteiger partial charge is 0.171 e. The van der Waals surface area contributed by atoms with Gasteiger partial charge in [-0.1, -0.05) is 54.6 Å². The third-order valence-electron chi connectivity index (χ3n) is 3.99. The Balaban J connectivity index is 1.56. The van der Waals surface area contributed by atoms with Gasteiger partial charge in [0.05, 0.1) is 0 Å². The zero-order valence-corrected chi connectivity index (χ0v) is 14.2. The zero-order chi connectivity index (χ0) is 17.3. The van der Waals surface area contributed by atoms with Gasteiger partial charge < -0.3 is 10.4 Å². The molecule has 3 rings (SSSR count). The molecule has 0 saturated carbocycles. The van der Waals surface area contributed by atoms with E-state index in [-0.39, 0.29) is 6.61 Å². The lowest BCUT2D eigenvalue weighted by atomic mass is 10.1. The van der Waals surface area contributed by atoms with Crippen LogP contribution in [-0.2, 0) is 13.1 Å². The van der Waals surface area contributed by atoms with Crippen LogP contribution < -0.4 is 9.88 Å². The number of anilines is 1. The Morgan fingerprint density at radius 2 is 1.44 bits per heavy atom. The van der Waals surface area contributed by atoms with E-state index in [0.29, 0.717) is 6.54 Å². The van der Waals surface area contributed by atoms with Crippen LogP contribution in [0.15, 0.2) is 79.1 Å². The van der Waals surface area contributed by atoms with Crippen LogP contribution in [0.1, 0.15) is 16.7 Å². The number of nitrogens with one attached hydrogen (secondary N) is 1. The van der Waals surface area contributed by atoms with Gasteiger partial charge in [0.1, 0.15) is 6.61 Å². The van der Waals surface area contributed by atoms with Gasteiger partial charge in [-0.15, -0.1) is 0 Å². The molecule has 1 heterocycles. The quantitative estimate of drug-likeness (QED) is 0.647. The highest BCUT2D eigenvalue weighted by Gasteiger charge is 1.98. The highest BCUT2D eigenvalue weighted by atomic mass is 16.3. The first-order valence-electron chi connectivity index (χ1n) is 8.49. The first-order chi connectivity index (χ1) is 12.3. The monoisotopic (exact) mass is 331 g/mol. The predicted molar refractivity (Wildman–Crippen MR) is 103 cm³/mol. The van der Waals surface area contributed by atoms with Crippen molar-refractivity contribution in [2.75, 3.05) is 11.9 Å². The van der Waals surface area contributed by atoms with Crippen molar-refractivity contribution in [1.29, 1.82) is 0 Å². The maximum absolute atomic E-state index is 8.93. The van der Waals surface area contributed by atoms with Crippen molar-refractivity contribution >= 4 is 17.8 Å². The highest BCUT2D eigenvalue weighted by molar-refractivity contribution is 5.70. The molecule has 2 N–H and O–H groups in total. The molecule has 0 aliphatic rings. The number of benzene rings is 2. The van der Waals surface area contributed by atoms with E-state index in [1.807, 2.05) is 35.2 Å². The van der Waals surface area contributed by atoms with Crippen molar-refractivity contribution in [2.45, 2.75) is 13.1 Å². The van der Waals surface area contributed by atoms with Crippen LogP contribution in [0, 0.1) is 0 Å². The average molecular weight is 331 g/mol. The third-order valence-corrected chi connectivity index (χ3v) is 3.99. The summed E-state index contributed by atoms with van der Waals surface area (Å²) in [4.78, 5) is 0. The van der Waals surface area contributed by atoms with E-state index in [0.717, 1.165) is 23.4 Å². The lowest BCUT2D eigenvalue weighted by Gasteiger charge is -2.06. The summed E-state index contributed by atoms with van der Waals surface area (Å²) in [7, 11) is 0. The molecular formula is C22H23N2O+. The fraction of sp³-hybridized carbons (Fsp3) is 0.136. The molecule has 0 bridgehead atoms. The highest BCUT2D eigenvalue weighted by Crippen LogP contribution is 2.13. The number of pyridine rings is 1. The largest absolute Gasteiger partial charge is 0.390 e. The fourth-order valence-corrected chi connectivity index (χ4v) is 2.55. The first kappa shape index (κ1) is 16.9. The molecule has 126 valence electrons. The molecule has 3 nitrogen and oxygen atoms in total. The van der Waals surface area contributed by atoms with E-state index in [2.05, 4.69) is 66.0 Å². The first-order valence-corrected chi connectivity index (χ1v) is 8.49. The average Bonchev–Trinajstić information content (AvgIpc) is 2.68. The number of aliphatic hydroxyl groups excluding tert-OH is 1. The summed E-state index contributed by atoms with van der Waals surface area (Å²) in [5.74, 6) is 0. The molecule has 0 radical (unpaired) electrons. The molecule has 0 fully saturated rings. The van der Waals surface area contributed by atoms with Gasteiger partial charge in [0.2, 0.25) is 0 Å². The Labute approximate surface area is 148 Å². The SMILES string of the molecule is OCC[n+]1ccc(/C=C/c2ccc(NCc3ccccc3)cc2)cc1. The second-order valence-electron chi connectivity index (χ2n) is 5.89. The van der Waals surface area contributed by atoms with Gasteiger partial charge in [0, 0.05) is 24.4 Å². The number of aliphatic hydroxyl groups is 1. The predicted octanol–water partition coefficient (Wildman–Crippen LogP) is 3.75. The molecule has 0 aliphatic carbocycles. The second-order valence-corrected chi connectivity index (χ2v) is 5.89. The summed E-state index contributed by atoms with van der Waals surface area (Å²) in [6, 6.07) is 22.9. The molecule has 25 heavy (non-hydrogen) atoms. The number of rotatable bonds is 7. The Bertz CT molecular complexity index is 794. The van der Waals surface area contributed by atoms with Crippen LogP contribution in [0.4, 0.5) is 5.69 Å². The Morgan fingerprint density at radius 3 is 2.08 bits per heavy atom. The zero-order valence-electron chi connectivity index (χ0n) is 14.2. The molecule has 3 heteroatoms. The van der Waals surface area contributed by atoms with E-state index >= 15 is 0 Å². The molecule has 0 saturated heterocycles. The van der Waals surface area contributed by atoms with Gasteiger partial charge in [0.15, 0.2) is 18.9 Å². The maximum atomic E-state index is 8.93. The van der Waals surface area contributed by atoms with Gasteiger partial charge in [-0.3, -0.25) is 0 Å². The van der Waals surface area contributed by atoms with Gasteiger partial charge in [0.25, 0.3) is 0 Å². The van der Waals surface area contributed by atoms with Crippen molar-refractivity contribution in [3.05, 3.63) is 95.8 Å². The third kappa shape index (κ3) is 5.30. The molecule has 0 spiro atoms. The van der Waals surface area contributed by atoms with Crippen molar-refractivity contribution in [1.82, 2.24) is 0 Å². The molecule has 0 amide bonds. The van der Waals surface area contributed by atoms with Crippen molar-refractivity contribution < 1.29 is 9.67 Å². The van der Waals surface area contributed by atoms with Crippen LogP contribution in [0.25, 0.3) is 12.2 Å². The molecule has 3 aromatic rings. The van der Waals surface area contributed by atoms with Crippen LogP contribution in [-0.4, -0.2) is 11.7 Å². The van der Waals surface area contributed by atoms with Crippen LogP contribution >= 0.6 is 0 Å². The molecule has 0 unspecified atom stereocenters. The molecule has 1 aromatic heterocycles. The summed E-state index contributed by atoms with van der Waals surface area (Å²) in [6.45, 7) is 1.61. The van der Waals surface area contributed by atoms with E-state index in [1.54, 1.807) is 0 Å². The Kier molecular flexibility index (Phi) is 5.96. The molecule has 2 aromatic carbocycles. The van der Waals surface area contributed by atoms with E-state index in [9.17, 15) is 0 Å². The molecular weight excluding hydrogens is 308 g/mol. The molecule has 0 aliphatic heterocycles. The van der Waals surface area contributed by atoms with Crippen LogP contribution in [0.2, 0.25) is 0 Å². The minimum absolute atomic E-state index is 0.157. The summed E-state index contributed by atoms with van der Waals surface area (Å²) in [5, 5.41) is 12.4. The minimum Gasteiger partial charge on any atom is -0.390 e. The summed E-state index contributed by atoms with van der Waals surface area (Å²) in [6.07, 6.45) is 8.15. The lowest BCUT2D eigenvalue weighted by Crippen LogP contribution is -2.34. The van der Waals surface area contributed by atoms with Gasteiger partial charge in [-0.25, -0.2) is 4.57 Å². The van der Waals surface area contributed by atoms with E-state index in [4.69, 9.17) is 5.11 Å². The summed E-state index contributed by atoms with van der Waals surface area (Å²) >= 11 is 0.